The molecule has 34 heavy (non-hydrogen) atoms. The molecule has 3 rings (SSSR count). The maximum absolute atomic E-state index is 12.5. The summed E-state index contributed by atoms with van der Waals surface area (Å²) in [7, 11) is 1.44. The largest absolute Gasteiger partial charge is 0.493 e. The van der Waals surface area contributed by atoms with Gasteiger partial charge in [0.15, 0.2) is 21.9 Å². The molecule has 0 saturated heterocycles. The zero-order chi connectivity index (χ0) is 24.7. The molecule has 1 aliphatic heterocycles. The van der Waals surface area contributed by atoms with Crippen molar-refractivity contribution in [3.05, 3.63) is 56.7 Å². The zero-order valence-electron chi connectivity index (χ0n) is 18.6. The molecule has 0 spiro atoms. The van der Waals surface area contributed by atoms with Crippen LogP contribution in [0.4, 0.5) is 4.79 Å². The number of allylic oxidation sites excluding steroid dienone is 1. The molecule has 0 aliphatic carbocycles. The van der Waals surface area contributed by atoms with Crippen molar-refractivity contribution in [1.29, 1.82) is 0 Å². The number of benzene rings is 1. The predicted molar refractivity (Wildman–Crippen MR) is 129 cm³/mol. The first-order valence-electron chi connectivity index (χ1n) is 10.2. The van der Waals surface area contributed by atoms with Gasteiger partial charge in [-0.1, -0.05) is 6.07 Å². The number of furan rings is 1. The molecule has 180 valence electrons. The van der Waals surface area contributed by atoms with E-state index in [4.69, 9.17) is 18.6 Å². The average molecular weight is 582 g/mol. The number of amides is 3. The third-order valence-corrected chi connectivity index (χ3v) is 5.20. The maximum Gasteiger partial charge on any atom is 0.338 e. The molecule has 3 N–H and O–H groups in total. The van der Waals surface area contributed by atoms with Gasteiger partial charge >= 0.3 is 12.0 Å². The third-order valence-electron chi connectivity index (χ3n) is 4.62. The average Bonchev–Trinajstić information content (AvgIpc) is 3.22. The van der Waals surface area contributed by atoms with Gasteiger partial charge in [0.2, 0.25) is 0 Å². The molecule has 0 radical (unpaired) electrons. The third kappa shape index (κ3) is 6.27. The van der Waals surface area contributed by atoms with Gasteiger partial charge in [-0.3, -0.25) is 4.79 Å². The lowest BCUT2D eigenvalue weighted by Crippen LogP contribution is -2.45. The number of urea groups is 1. The van der Waals surface area contributed by atoms with E-state index in [0.29, 0.717) is 32.3 Å². The molecule has 3 amide bonds. The van der Waals surface area contributed by atoms with Crippen LogP contribution in [0.2, 0.25) is 0 Å². The van der Waals surface area contributed by atoms with Crippen molar-refractivity contribution in [2.24, 2.45) is 5.10 Å². The van der Waals surface area contributed by atoms with Gasteiger partial charge in [-0.05, 0) is 66.3 Å². The number of hydrazone groups is 1. The highest BCUT2D eigenvalue weighted by Crippen LogP contribution is 2.34. The van der Waals surface area contributed by atoms with Crippen LogP contribution in [0.1, 0.15) is 31.2 Å². The molecule has 11 nitrogen and oxygen atoms in total. The topological polar surface area (TPSA) is 140 Å². The van der Waals surface area contributed by atoms with Crippen LogP contribution in [0.15, 0.2) is 51.1 Å². The number of esters is 1. The predicted octanol–water partition coefficient (Wildman–Crippen LogP) is 2.61. The van der Waals surface area contributed by atoms with E-state index in [0.717, 1.165) is 0 Å². The SMILES string of the molecule is CCOC(=O)C1=C(C)NC(=O)N[C@H]1c1ccc(OCC(=O)N/N=C\c2ccc(I)o2)c(OC)c1. The molecule has 1 atom stereocenters. The Balaban J connectivity index is 1.70. The quantitative estimate of drug-likeness (QED) is 0.179. The highest BCUT2D eigenvalue weighted by Gasteiger charge is 2.32. The first-order chi connectivity index (χ1) is 16.3. The Kier molecular flexibility index (Phi) is 8.51. The molecular weight excluding hydrogens is 559 g/mol. The van der Waals surface area contributed by atoms with Crippen LogP contribution in [0.5, 0.6) is 11.5 Å². The van der Waals surface area contributed by atoms with Gasteiger partial charge in [-0.2, -0.15) is 5.10 Å². The molecule has 0 fully saturated rings. The highest BCUT2D eigenvalue weighted by molar-refractivity contribution is 14.1. The molecule has 1 aromatic carbocycles. The van der Waals surface area contributed by atoms with E-state index >= 15 is 0 Å². The van der Waals surface area contributed by atoms with E-state index in [1.165, 1.54) is 13.3 Å². The lowest BCUT2D eigenvalue weighted by molar-refractivity contribution is -0.139. The maximum atomic E-state index is 12.5. The van der Waals surface area contributed by atoms with E-state index in [2.05, 4.69) is 21.2 Å². The number of halogens is 1. The van der Waals surface area contributed by atoms with Crippen LogP contribution in [-0.2, 0) is 14.3 Å². The van der Waals surface area contributed by atoms with E-state index < -0.39 is 23.9 Å². The van der Waals surface area contributed by atoms with Crippen LogP contribution in [0.3, 0.4) is 0 Å². The monoisotopic (exact) mass is 582 g/mol. The van der Waals surface area contributed by atoms with Crippen LogP contribution < -0.4 is 25.5 Å². The first kappa shape index (κ1) is 25.1. The van der Waals surface area contributed by atoms with Crippen molar-refractivity contribution in [2.75, 3.05) is 20.3 Å². The normalized spacial score (nSPS) is 15.5. The second-order valence-electron chi connectivity index (χ2n) is 6.92. The fraction of sp³-hybridized carbons (Fsp3) is 0.273. The van der Waals surface area contributed by atoms with E-state index in [9.17, 15) is 14.4 Å². The number of hydrogen-bond acceptors (Lipinski definition) is 8. The van der Waals surface area contributed by atoms with Gasteiger partial charge in [0, 0.05) is 5.70 Å². The molecule has 2 aromatic rings. The molecule has 1 aliphatic rings. The Morgan fingerprint density at radius 3 is 2.74 bits per heavy atom. The van der Waals surface area contributed by atoms with E-state index in [1.54, 1.807) is 44.2 Å². The number of methoxy groups -OCH3 is 1. The van der Waals surface area contributed by atoms with Gasteiger partial charge in [-0.15, -0.1) is 0 Å². The van der Waals surface area contributed by atoms with E-state index in [-0.39, 0.29) is 18.8 Å². The summed E-state index contributed by atoms with van der Waals surface area (Å²) in [6.45, 7) is 3.20. The van der Waals surface area contributed by atoms with Crippen molar-refractivity contribution in [3.8, 4) is 11.5 Å². The fourth-order valence-corrected chi connectivity index (χ4v) is 3.58. The Morgan fingerprint density at radius 1 is 1.26 bits per heavy atom. The smallest absolute Gasteiger partial charge is 0.338 e. The van der Waals surface area contributed by atoms with Crippen LogP contribution in [0, 0.1) is 3.77 Å². The number of hydrogen-bond donors (Lipinski definition) is 3. The first-order valence-corrected chi connectivity index (χ1v) is 11.2. The molecule has 0 saturated carbocycles. The summed E-state index contributed by atoms with van der Waals surface area (Å²) < 4.78 is 22.1. The number of nitrogens with one attached hydrogen (secondary N) is 3. The van der Waals surface area contributed by atoms with Crippen LogP contribution in [0.25, 0.3) is 0 Å². The van der Waals surface area contributed by atoms with E-state index in [1.807, 2.05) is 22.6 Å². The van der Waals surface area contributed by atoms with Crippen molar-refractivity contribution < 1.29 is 33.0 Å². The lowest BCUT2D eigenvalue weighted by atomic mass is 9.95. The molecular formula is C22H23IN4O7. The summed E-state index contributed by atoms with van der Waals surface area (Å²) in [4.78, 5) is 36.6. The minimum atomic E-state index is -0.752. The van der Waals surface area contributed by atoms with Gasteiger partial charge in [0.05, 0.1) is 31.5 Å². The highest BCUT2D eigenvalue weighted by atomic mass is 127. The minimum absolute atomic E-state index is 0.194. The minimum Gasteiger partial charge on any atom is -0.493 e. The van der Waals surface area contributed by atoms with Crippen molar-refractivity contribution in [1.82, 2.24) is 16.1 Å². The lowest BCUT2D eigenvalue weighted by Gasteiger charge is -2.28. The fourth-order valence-electron chi connectivity index (χ4n) is 3.15. The molecule has 2 heterocycles. The molecule has 1 aromatic heterocycles. The summed E-state index contributed by atoms with van der Waals surface area (Å²) in [6, 6.07) is 7.15. The Bertz CT molecular complexity index is 1140. The number of rotatable bonds is 9. The molecule has 12 heteroatoms. The number of nitrogens with zero attached hydrogens (tertiary/aromatic N) is 1. The van der Waals surface area contributed by atoms with Crippen molar-refractivity contribution in [2.45, 2.75) is 19.9 Å². The summed E-state index contributed by atoms with van der Waals surface area (Å²) in [6.07, 6.45) is 1.37. The van der Waals surface area contributed by atoms with Gasteiger partial charge in [0.1, 0.15) is 5.76 Å². The Morgan fingerprint density at radius 2 is 2.06 bits per heavy atom. The summed E-state index contributed by atoms with van der Waals surface area (Å²) >= 11 is 2.02. The Hall–Kier alpha value is -3.55. The standard InChI is InChI=1S/C22H23IN4O7/c1-4-32-21(29)19-12(2)25-22(30)26-20(19)13-5-7-15(16(9-13)31-3)33-11-18(28)27-24-10-14-6-8-17(23)34-14/h5-10,20H,4,11H2,1-3H3,(H,27,28)(H2,25,26,30)/b24-10-/t20-/m0/s1. The zero-order valence-corrected chi connectivity index (χ0v) is 20.8. The molecule has 0 bridgehead atoms. The van der Waals surface area contributed by atoms with Crippen LogP contribution in [-0.4, -0.2) is 44.4 Å². The van der Waals surface area contributed by atoms with Gasteiger partial charge in [-0.25, -0.2) is 15.0 Å². The van der Waals surface area contributed by atoms with Crippen molar-refractivity contribution >= 4 is 46.7 Å². The van der Waals surface area contributed by atoms with Crippen LogP contribution >= 0.6 is 22.6 Å². The van der Waals surface area contributed by atoms with Gasteiger partial charge < -0.3 is 29.3 Å². The number of ether oxygens (including phenoxy) is 3. The molecule has 0 unspecified atom stereocenters. The summed E-state index contributed by atoms with van der Waals surface area (Å²) in [5.74, 6) is 0.0762. The second kappa shape index (κ2) is 11.5. The summed E-state index contributed by atoms with van der Waals surface area (Å²) in [5, 5.41) is 9.11. The van der Waals surface area contributed by atoms with Gasteiger partial charge in [0.25, 0.3) is 5.91 Å². The van der Waals surface area contributed by atoms with Crippen molar-refractivity contribution in [3.63, 3.8) is 0 Å². The second-order valence-corrected chi connectivity index (χ2v) is 7.99. The Labute approximate surface area is 209 Å². The summed E-state index contributed by atoms with van der Waals surface area (Å²) in [5.41, 5.74) is 3.59. The number of carbonyl (C=O) groups excluding carboxylic acids is 3. The number of carbonyl (C=O) groups is 3.